The van der Waals surface area contributed by atoms with Crippen molar-refractivity contribution in [3.05, 3.63) is 51.9 Å². The summed E-state index contributed by atoms with van der Waals surface area (Å²) in [6.07, 6.45) is 1.35. The molecular formula is C14H8ClNO2S. The summed E-state index contributed by atoms with van der Waals surface area (Å²) in [6, 6.07) is 12.7. The fourth-order valence-corrected chi connectivity index (χ4v) is 2.80. The third-order valence-electron chi connectivity index (χ3n) is 2.40. The van der Waals surface area contributed by atoms with Crippen molar-refractivity contribution < 1.29 is 9.90 Å². The zero-order chi connectivity index (χ0) is 13.8. The van der Waals surface area contributed by atoms with Crippen molar-refractivity contribution in [2.45, 2.75) is 0 Å². The molecule has 94 valence electrons. The van der Waals surface area contributed by atoms with Gasteiger partial charge in [-0.25, -0.2) is 4.79 Å². The van der Waals surface area contributed by atoms with E-state index in [0.29, 0.717) is 9.90 Å². The van der Waals surface area contributed by atoms with Crippen molar-refractivity contribution in [2.75, 3.05) is 0 Å². The molecule has 0 atom stereocenters. The second kappa shape index (κ2) is 5.70. The van der Waals surface area contributed by atoms with Gasteiger partial charge in [-0.15, -0.1) is 11.3 Å². The van der Waals surface area contributed by atoms with Gasteiger partial charge in [-0.2, -0.15) is 5.26 Å². The maximum atomic E-state index is 10.8. The third kappa shape index (κ3) is 3.02. The summed E-state index contributed by atoms with van der Waals surface area (Å²) in [5.74, 6) is -1.23. The topological polar surface area (TPSA) is 61.1 Å². The summed E-state index contributed by atoms with van der Waals surface area (Å²) < 4.78 is 0. The highest BCUT2D eigenvalue weighted by atomic mass is 35.5. The summed E-state index contributed by atoms with van der Waals surface area (Å²) in [7, 11) is 0. The van der Waals surface area contributed by atoms with Crippen molar-refractivity contribution in [1.29, 1.82) is 5.26 Å². The molecule has 19 heavy (non-hydrogen) atoms. The Hall–Kier alpha value is -2.09. The number of nitrogens with zero attached hydrogens (tertiary/aromatic N) is 1. The van der Waals surface area contributed by atoms with Crippen LogP contribution in [0.3, 0.4) is 0 Å². The van der Waals surface area contributed by atoms with E-state index < -0.39 is 5.97 Å². The maximum Gasteiger partial charge on any atom is 0.346 e. The van der Waals surface area contributed by atoms with Gasteiger partial charge in [0.2, 0.25) is 0 Å². The second-order valence-corrected chi connectivity index (χ2v) is 5.18. The molecule has 0 spiro atoms. The minimum atomic E-state index is -1.23. The molecule has 0 amide bonds. The average Bonchev–Trinajstić information content (AvgIpc) is 2.84. The number of thiophene rings is 1. The molecule has 0 bridgehead atoms. The lowest BCUT2D eigenvalue weighted by atomic mass is 10.2. The van der Waals surface area contributed by atoms with E-state index >= 15 is 0 Å². The van der Waals surface area contributed by atoms with Gasteiger partial charge in [-0.3, -0.25) is 0 Å². The molecule has 5 heteroatoms. The van der Waals surface area contributed by atoms with Crippen LogP contribution in [0.2, 0.25) is 5.02 Å². The van der Waals surface area contributed by atoms with Gasteiger partial charge in [0.25, 0.3) is 0 Å². The molecule has 0 saturated heterocycles. The summed E-state index contributed by atoms with van der Waals surface area (Å²) in [4.78, 5) is 12.4. The van der Waals surface area contributed by atoms with Crippen LogP contribution in [0.5, 0.6) is 0 Å². The van der Waals surface area contributed by atoms with Crippen LogP contribution in [0, 0.1) is 11.3 Å². The number of hydrogen-bond acceptors (Lipinski definition) is 3. The van der Waals surface area contributed by atoms with Crippen LogP contribution in [0.1, 0.15) is 4.88 Å². The predicted octanol–water partition coefficient (Wildman–Crippen LogP) is 4.06. The van der Waals surface area contributed by atoms with Crippen LogP contribution in [-0.4, -0.2) is 11.1 Å². The smallest absolute Gasteiger partial charge is 0.346 e. The van der Waals surface area contributed by atoms with Crippen LogP contribution in [-0.2, 0) is 4.79 Å². The number of carboxylic acids is 1. The van der Waals surface area contributed by atoms with Gasteiger partial charge in [-0.1, -0.05) is 29.8 Å². The largest absolute Gasteiger partial charge is 0.477 e. The highest BCUT2D eigenvalue weighted by Crippen LogP contribution is 2.33. The van der Waals surface area contributed by atoms with E-state index in [1.54, 1.807) is 18.2 Å². The zero-order valence-corrected chi connectivity index (χ0v) is 11.2. The van der Waals surface area contributed by atoms with Gasteiger partial charge in [0.15, 0.2) is 0 Å². The first-order chi connectivity index (χ1) is 9.11. The Kier molecular flexibility index (Phi) is 4.00. The predicted molar refractivity (Wildman–Crippen MR) is 76.0 cm³/mol. The van der Waals surface area contributed by atoms with E-state index in [1.807, 2.05) is 24.3 Å². The van der Waals surface area contributed by atoms with Crippen molar-refractivity contribution >= 4 is 35.0 Å². The van der Waals surface area contributed by atoms with Crippen molar-refractivity contribution in [1.82, 2.24) is 0 Å². The summed E-state index contributed by atoms with van der Waals surface area (Å²) in [6.45, 7) is 0. The zero-order valence-electron chi connectivity index (χ0n) is 9.63. The Bertz CT molecular complexity index is 697. The number of nitriles is 1. The molecule has 1 heterocycles. The van der Waals surface area contributed by atoms with Crippen molar-refractivity contribution in [3.8, 4) is 16.5 Å². The SMILES string of the molecule is N#C/C(=C\c1ccc(-c2ccccc2Cl)s1)C(=O)O. The highest BCUT2D eigenvalue weighted by Gasteiger charge is 2.09. The number of halogens is 1. The Balaban J connectivity index is 2.38. The third-order valence-corrected chi connectivity index (χ3v) is 3.80. The number of carboxylic acid groups (broad SMARTS) is 1. The average molecular weight is 290 g/mol. The van der Waals surface area contributed by atoms with E-state index in [2.05, 4.69) is 0 Å². The van der Waals surface area contributed by atoms with Crippen LogP contribution >= 0.6 is 22.9 Å². The second-order valence-electron chi connectivity index (χ2n) is 3.66. The molecule has 0 unspecified atom stereocenters. The standard InChI is InChI=1S/C14H8ClNO2S/c15-12-4-2-1-3-11(12)13-6-5-10(19-13)7-9(8-16)14(17)18/h1-7H,(H,17,18)/b9-7+. The minimum absolute atomic E-state index is 0.285. The maximum absolute atomic E-state index is 10.8. The van der Waals surface area contributed by atoms with Crippen LogP contribution in [0.15, 0.2) is 42.0 Å². The first kappa shape index (κ1) is 13.3. The number of carbonyl (C=O) groups is 1. The van der Waals surface area contributed by atoms with E-state index in [1.165, 1.54) is 17.4 Å². The quantitative estimate of drug-likeness (QED) is 0.684. The molecule has 0 aliphatic heterocycles. The lowest BCUT2D eigenvalue weighted by molar-refractivity contribution is -0.132. The molecular weight excluding hydrogens is 282 g/mol. The molecule has 1 aromatic heterocycles. The van der Waals surface area contributed by atoms with Crippen molar-refractivity contribution in [2.24, 2.45) is 0 Å². The van der Waals surface area contributed by atoms with Gasteiger partial charge >= 0.3 is 5.97 Å². The Morgan fingerprint density at radius 1 is 1.32 bits per heavy atom. The van der Waals surface area contributed by atoms with Crippen LogP contribution < -0.4 is 0 Å². The number of hydrogen-bond donors (Lipinski definition) is 1. The van der Waals surface area contributed by atoms with Crippen LogP contribution in [0.25, 0.3) is 16.5 Å². The monoisotopic (exact) mass is 289 g/mol. The lowest BCUT2D eigenvalue weighted by Gasteiger charge is -1.99. The molecule has 1 aromatic carbocycles. The highest BCUT2D eigenvalue weighted by molar-refractivity contribution is 7.16. The summed E-state index contributed by atoms with van der Waals surface area (Å²) in [5, 5.41) is 18.1. The number of rotatable bonds is 3. The summed E-state index contributed by atoms with van der Waals surface area (Å²) >= 11 is 7.48. The van der Waals surface area contributed by atoms with Crippen LogP contribution in [0.4, 0.5) is 0 Å². The molecule has 0 radical (unpaired) electrons. The molecule has 2 rings (SSSR count). The van der Waals surface area contributed by atoms with Gasteiger partial charge in [0.1, 0.15) is 11.6 Å². The van der Waals surface area contributed by atoms with Gasteiger partial charge in [0, 0.05) is 20.3 Å². The molecule has 0 aliphatic rings. The summed E-state index contributed by atoms with van der Waals surface area (Å²) in [5.41, 5.74) is 0.607. The number of aliphatic carboxylic acids is 1. The van der Waals surface area contributed by atoms with E-state index in [-0.39, 0.29) is 5.57 Å². The van der Waals surface area contributed by atoms with E-state index in [0.717, 1.165) is 10.4 Å². The Morgan fingerprint density at radius 3 is 2.68 bits per heavy atom. The normalized spacial score (nSPS) is 11.1. The fourth-order valence-electron chi connectivity index (χ4n) is 1.52. The molecule has 2 aromatic rings. The Morgan fingerprint density at radius 2 is 2.05 bits per heavy atom. The van der Waals surface area contributed by atoms with Crippen molar-refractivity contribution in [3.63, 3.8) is 0 Å². The van der Waals surface area contributed by atoms with E-state index in [4.69, 9.17) is 22.0 Å². The van der Waals surface area contributed by atoms with E-state index in [9.17, 15) is 4.79 Å². The number of benzene rings is 1. The van der Waals surface area contributed by atoms with Gasteiger partial charge < -0.3 is 5.11 Å². The molecule has 0 saturated carbocycles. The molecule has 3 nitrogen and oxygen atoms in total. The fraction of sp³-hybridized carbons (Fsp3) is 0. The molecule has 0 fully saturated rings. The Labute approximate surface area is 119 Å². The lowest BCUT2D eigenvalue weighted by Crippen LogP contribution is -1.96. The molecule has 1 N–H and O–H groups in total. The van der Waals surface area contributed by atoms with Gasteiger partial charge in [0.05, 0.1) is 0 Å². The first-order valence-corrected chi connectivity index (χ1v) is 6.51. The minimum Gasteiger partial charge on any atom is -0.477 e. The first-order valence-electron chi connectivity index (χ1n) is 5.31. The van der Waals surface area contributed by atoms with Gasteiger partial charge in [-0.05, 0) is 24.3 Å². The molecule has 0 aliphatic carbocycles.